The molecule has 0 amide bonds. The molecule has 0 fully saturated rings. The third-order valence-corrected chi connectivity index (χ3v) is 3.63. The predicted molar refractivity (Wildman–Crippen MR) is 70.2 cm³/mol. The van der Waals surface area contributed by atoms with E-state index in [0.717, 1.165) is 49.9 Å². The van der Waals surface area contributed by atoms with Crippen LogP contribution in [0.1, 0.15) is 24.7 Å². The van der Waals surface area contributed by atoms with Crippen LogP contribution in [0.3, 0.4) is 0 Å². The van der Waals surface area contributed by atoms with Crippen LogP contribution in [0.5, 0.6) is 0 Å². The number of aromatic nitrogens is 2. The lowest BCUT2D eigenvalue weighted by Crippen LogP contribution is -2.22. The zero-order valence-electron chi connectivity index (χ0n) is 10.9. The highest BCUT2D eigenvalue weighted by molar-refractivity contribution is 6.31. The maximum Gasteiger partial charge on any atom is 0.0954 e. The van der Waals surface area contributed by atoms with Gasteiger partial charge in [-0.1, -0.05) is 18.5 Å². The molecule has 17 heavy (non-hydrogen) atoms. The smallest absolute Gasteiger partial charge is 0.0954 e. The van der Waals surface area contributed by atoms with Crippen molar-refractivity contribution in [3.63, 3.8) is 0 Å². The van der Waals surface area contributed by atoms with Crippen molar-refractivity contribution < 1.29 is 0 Å². The van der Waals surface area contributed by atoms with E-state index in [1.165, 1.54) is 5.69 Å². The van der Waals surface area contributed by atoms with Gasteiger partial charge in [-0.15, -0.1) is 0 Å². The average molecular weight is 257 g/mol. The lowest BCUT2D eigenvalue weighted by Gasteiger charge is -2.16. The molecule has 0 N–H and O–H groups in total. The van der Waals surface area contributed by atoms with Gasteiger partial charge in [0.25, 0.3) is 0 Å². The van der Waals surface area contributed by atoms with Gasteiger partial charge in [0.2, 0.25) is 0 Å². The van der Waals surface area contributed by atoms with E-state index < -0.39 is 0 Å². The summed E-state index contributed by atoms with van der Waals surface area (Å²) in [7, 11) is 4.08. The molecule has 2 rings (SSSR count). The number of rotatable bonds is 3. The van der Waals surface area contributed by atoms with Crippen molar-refractivity contribution >= 4 is 11.6 Å². The molecule has 0 saturated carbocycles. The van der Waals surface area contributed by atoms with Crippen molar-refractivity contribution in [2.45, 2.75) is 33.0 Å². The van der Waals surface area contributed by atoms with Crippen LogP contribution >= 0.6 is 11.6 Å². The quantitative estimate of drug-likeness (QED) is 0.825. The van der Waals surface area contributed by atoms with E-state index in [9.17, 15) is 0 Å². The van der Waals surface area contributed by atoms with Gasteiger partial charge in [0.15, 0.2) is 0 Å². The average Bonchev–Trinajstić information content (AvgIpc) is 2.50. The maximum atomic E-state index is 6.44. The van der Waals surface area contributed by atoms with E-state index in [0.29, 0.717) is 0 Å². The van der Waals surface area contributed by atoms with Gasteiger partial charge in [-0.05, 0) is 27.1 Å². The van der Waals surface area contributed by atoms with Crippen LogP contribution in [-0.4, -0.2) is 46.8 Å². The normalized spacial score (nSPS) is 17.2. The molecule has 0 unspecified atom stereocenters. The zero-order valence-corrected chi connectivity index (χ0v) is 11.7. The Balaban J connectivity index is 2.26. The highest BCUT2D eigenvalue weighted by atomic mass is 35.5. The molecule has 5 heteroatoms. The van der Waals surface area contributed by atoms with Crippen LogP contribution in [0.4, 0.5) is 0 Å². The summed E-state index contributed by atoms with van der Waals surface area (Å²) in [6.45, 7) is 7.13. The molecule has 4 nitrogen and oxygen atoms in total. The summed E-state index contributed by atoms with van der Waals surface area (Å²) in [5.74, 6) is 0. The number of halogens is 1. The van der Waals surface area contributed by atoms with Gasteiger partial charge in [-0.3, -0.25) is 9.58 Å². The van der Waals surface area contributed by atoms with Gasteiger partial charge in [0, 0.05) is 26.2 Å². The first-order chi connectivity index (χ1) is 8.11. The number of hydrogen-bond donors (Lipinski definition) is 0. The Hall–Kier alpha value is -0.580. The second kappa shape index (κ2) is 5.38. The van der Waals surface area contributed by atoms with Gasteiger partial charge < -0.3 is 4.90 Å². The van der Waals surface area contributed by atoms with E-state index in [1.54, 1.807) is 0 Å². The van der Waals surface area contributed by atoms with Crippen LogP contribution in [0.15, 0.2) is 0 Å². The third kappa shape index (κ3) is 2.81. The standard InChI is InChI=1S/C12H21ClN4/c1-4-16-6-5-7-17-11(9-16)12(13)10(14-17)8-15(2)3/h4-9H2,1-3H3. The largest absolute Gasteiger partial charge is 0.303 e. The molecule has 1 aromatic rings. The number of nitrogens with zero attached hydrogens (tertiary/aromatic N) is 4. The number of fused-ring (bicyclic) bond motifs is 1. The van der Waals surface area contributed by atoms with E-state index in [4.69, 9.17) is 11.6 Å². The maximum absolute atomic E-state index is 6.44. The third-order valence-electron chi connectivity index (χ3n) is 3.19. The highest BCUT2D eigenvalue weighted by Crippen LogP contribution is 2.25. The lowest BCUT2D eigenvalue weighted by atomic mass is 10.3. The Labute approximate surface area is 108 Å². The van der Waals surface area contributed by atoms with Crippen LogP contribution < -0.4 is 0 Å². The van der Waals surface area contributed by atoms with Crippen molar-refractivity contribution in [3.05, 3.63) is 16.4 Å². The van der Waals surface area contributed by atoms with E-state index in [-0.39, 0.29) is 0 Å². The molecule has 1 aliphatic rings. The van der Waals surface area contributed by atoms with Crippen molar-refractivity contribution in [3.8, 4) is 0 Å². The van der Waals surface area contributed by atoms with Crippen LogP contribution in [0.25, 0.3) is 0 Å². The minimum absolute atomic E-state index is 0.810. The molecule has 1 aromatic heterocycles. The summed E-state index contributed by atoms with van der Waals surface area (Å²) in [6, 6.07) is 0. The minimum atomic E-state index is 0.810. The molecular formula is C12H21ClN4. The van der Waals surface area contributed by atoms with Gasteiger partial charge in [-0.25, -0.2) is 0 Å². The summed E-state index contributed by atoms with van der Waals surface area (Å²) in [6.07, 6.45) is 1.15. The molecule has 2 heterocycles. The van der Waals surface area contributed by atoms with Crippen molar-refractivity contribution in [2.75, 3.05) is 27.2 Å². The molecular weight excluding hydrogens is 236 g/mol. The first kappa shape index (κ1) is 12.9. The molecule has 0 saturated heterocycles. The first-order valence-electron chi connectivity index (χ1n) is 6.23. The summed E-state index contributed by atoms with van der Waals surface area (Å²) >= 11 is 6.44. The zero-order chi connectivity index (χ0) is 12.4. The van der Waals surface area contributed by atoms with Gasteiger partial charge in [-0.2, -0.15) is 5.10 Å². The number of hydrogen-bond acceptors (Lipinski definition) is 3. The molecule has 0 spiro atoms. The molecule has 0 aromatic carbocycles. The molecule has 0 radical (unpaired) electrons. The monoisotopic (exact) mass is 256 g/mol. The number of aryl methyl sites for hydroxylation is 1. The molecule has 0 atom stereocenters. The Morgan fingerprint density at radius 1 is 1.35 bits per heavy atom. The Bertz CT molecular complexity index is 386. The summed E-state index contributed by atoms with van der Waals surface area (Å²) in [5.41, 5.74) is 2.19. The van der Waals surface area contributed by atoms with E-state index in [1.807, 2.05) is 14.1 Å². The summed E-state index contributed by atoms with van der Waals surface area (Å²) in [4.78, 5) is 4.53. The van der Waals surface area contributed by atoms with Gasteiger partial charge in [0.05, 0.1) is 16.4 Å². The molecule has 0 aliphatic carbocycles. The fourth-order valence-electron chi connectivity index (χ4n) is 2.27. The van der Waals surface area contributed by atoms with Crippen LogP contribution in [0, 0.1) is 0 Å². The van der Waals surface area contributed by atoms with Gasteiger partial charge in [0.1, 0.15) is 0 Å². The Kier molecular flexibility index (Phi) is 4.07. The predicted octanol–water partition coefficient (Wildman–Crippen LogP) is 1.82. The minimum Gasteiger partial charge on any atom is -0.303 e. The topological polar surface area (TPSA) is 24.3 Å². The molecule has 0 bridgehead atoms. The van der Waals surface area contributed by atoms with Crippen LogP contribution in [0.2, 0.25) is 5.02 Å². The second-order valence-electron chi connectivity index (χ2n) is 4.89. The Morgan fingerprint density at radius 3 is 2.76 bits per heavy atom. The molecule has 96 valence electrons. The van der Waals surface area contributed by atoms with E-state index in [2.05, 4.69) is 26.5 Å². The second-order valence-corrected chi connectivity index (χ2v) is 5.27. The van der Waals surface area contributed by atoms with Gasteiger partial charge >= 0.3 is 0 Å². The highest BCUT2D eigenvalue weighted by Gasteiger charge is 2.20. The fourth-order valence-corrected chi connectivity index (χ4v) is 2.53. The van der Waals surface area contributed by atoms with E-state index >= 15 is 0 Å². The SMILES string of the molecule is CCN1CCCn2nc(CN(C)C)c(Cl)c2C1. The fraction of sp³-hybridized carbons (Fsp3) is 0.750. The molecule has 1 aliphatic heterocycles. The lowest BCUT2D eigenvalue weighted by molar-refractivity contribution is 0.284. The van der Waals surface area contributed by atoms with Crippen LogP contribution in [-0.2, 0) is 19.6 Å². The van der Waals surface area contributed by atoms with Crippen molar-refractivity contribution in [2.24, 2.45) is 0 Å². The van der Waals surface area contributed by atoms with Crippen molar-refractivity contribution in [1.29, 1.82) is 0 Å². The Morgan fingerprint density at radius 2 is 2.12 bits per heavy atom. The first-order valence-corrected chi connectivity index (χ1v) is 6.60. The summed E-state index contributed by atoms with van der Waals surface area (Å²) in [5, 5.41) is 5.50. The van der Waals surface area contributed by atoms with Crippen molar-refractivity contribution in [1.82, 2.24) is 19.6 Å². The summed E-state index contributed by atoms with van der Waals surface area (Å²) < 4.78 is 2.09.